The number of hydrogen-bond donors (Lipinski definition) is 0. The van der Waals surface area contributed by atoms with Crippen LogP contribution < -0.4 is 9.47 Å². The second-order valence-corrected chi connectivity index (χ2v) is 4.24. The molecule has 0 fully saturated rings. The van der Waals surface area contributed by atoms with E-state index in [-0.39, 0.29) is 0 Å². The molecule has 15 heavy (non-hydrogen) atoms. The van der Waals surface area contributed by atoms with Gasteiger partial charge in [0.15, 0.2) is 0 Å². The molecule has 82 valence electrons. The lowest BCUT2D eigenvalue weighted by Crippen LogP contribution is -1.94. The zero-order valence-electron chi connectivity index (χ0n) is 9.21. The quantitative estimate of drug-likeness (QED) is 0.775. The van der Waals surface area contributed by atoms with Gasteiger partial charge in [-0.15, -0.1) is 0 Å². The van der Waals surface area contributed by atoms with E-state index in [4.69, 9.17) is 9.47 Å². The first kappa shape index (κ1) is 12.1. The van der Waals surface area contributed by atoms with Crippen molar-refractivity contribution in [2.45, 2.75) is 13.8 Å². The zero-order valence-corrected chi connectivity index (χ0v) is 10.8. The molecule has 0 spiro atoms. The molecule has 0 aliphatic carbocycles. The zero-order chi connectivity index (χ0) is 11.3. The highest BCUT2D eigenvalue weighted by Gasteiger charge is 2.01. The van der Waals surface area contributed by atoms with Gasteiger partial charge < -0.3 is 9.47 Å². The van der Waals surface area contributed by atoms with Gasteiger partial charge in [0.1, 0.15) is 18.1 Å². The van der Waals surface area contributed by atoms with Gasteiger partial charge in [0, 0.05) is 0 Å². The van der Waals surface area contributed by atoms with Gasteiger partial charge in [-0.1, -0.05) is 5.57 Å². The van der Waals surface area contributed by atoms with Crippen LogP contribution in [0.1, 0.15) is 13.8 Å². The van der Waals surface area contributed by atoms with E-state index in [1.807, 2.05) is 38.1 Å². The van der Waals surface area contributed by atoms with Gasteiger partial charge in [0.25, 0.3) is 0 Å². The molecule has 1 aromatic carbocycles. The van der Waals surface area contributed by atoms with Crippen LogP contribution in [0.4, 0.5) is 0 Å². The lowest BCUT2D eigenvalue weighted by Gasteiger charge is -2.07. The Balaban J connectivity index is 2.63. The summed E-state index contributed by atoms with van der Waals surface area (Å²) in [7, 11) is 1.64. The SMILES string of the molecule is COc1ccc(OCC=C(C)C)cc1Br. The number of halogens is 1. The number of benzene rings is 1. The van der Waals surface area contributed by atoms with E-state index in [2.05, 4.69) is 15.9 Å². The maximum Gasteiger partial charge on any atom is 0.133 e. The molecule has 0 radical (unpaired) electrons. The minimum atomic E-state index is 0.598. The molecule has 0 aromatic heterocycles. The Morgan fingerprint density at radius 1 is 1.40 bits per heavy atom. The third-order valence-corrected chi connectivity index (χ3v) is 2.48. The number of hydrogen-bond acceptors (Lipinski definition) is 2. The predicted molar refractivity (Wildman–Crippen MR) is 65.6 cm³/mol. The van der Waals surface area contributed by atoms with Crippen molar-refractivity contribution in [3.8, 4) is 11.5 Å². The van der Waals surface area contributed by atoms with Crippen LogP contribution in [0.2, 0.25) is 0 Å². The summed E-state index contributed by atoms with van der Waals surface area (Å²) in [6, 6.07) is 5.67. The Hall–Kier alpha value is -0.960. The molecule has 1 aromatic rings. The minimum Gasteiger partial charge on any atom is -0.496 e. The molecule has 2 nitrogen and oxygen atoms in total. The largest absolute Gasteiger partial charge is 0.496 e. The summed E-state index contributed by atoms with van der Waals surface area (Å²) >= 11 is 3.41. The Morgan fingerprint density at radius 3 is 2.67 bits per heavy atom. The average Bonchev–Trinajstić information content (AvgIpc) is 2.17. The van der Waals surface area contributed by atoms with E-state index < -0.39 is 0 Å². The standard InChI is InChI=1S/C12H15BrO2/c1-9(2)6-7-15-10-4-5-12(14-3)11(13)8-10/h4-6,8H,7H2,1-3H3. The summed E-state index contributed by atoms with van der Waals surface area (Å²) in [6.07, 6.45) is 2.04. The van der Waals surface area contributed by atoms with Crippen molar-refractivity contribution in [1.82, 2.24) is 0 Å². The monoisotopic (exact) mass is 270 g/mol. The van der Waals surface area contributed by atoms with Crippen LogP contribution in [0.3, 0.4) is 0 Å². The molecule has 0 heterocycles. The number of rotatable bonds is 4. The molecular formula is C12H15BrO2. The number of methoxy groups -OCH3 is 1. The van der Waals surface area contributed by atoms with E-state index in [1.54, 1.807) is 7.11 Å². The van der Waals surface area contributed by atoms with E-state index >= 15 is 0 Å². The molecule has 3 heteroatoms. The Morgan fingerprint density at radius 2 is 2.13 bits per heavy atom. The molecule has 0 atom stereocenters. The molecule has 0 saturated carbocycles. The fraction of sp³-hybridized carbons (Fsp3) is 0.333. The molecule has 0 aliphatic rings. The second kappa shape index (κ2) is 5.81. The van der Waals surface area contributed by atoms with Crippen LogP contribution in [-0.4, -0.2) is 13.7 Å². The summed E-state index contributed by atoms with van der Waals surface area (Å²) in [4.78, 5) is 0. The summed E-state index contributed by atoms with van der Waals surface area (Å²) in [5, 5.41) is 0. The van der Waals surface area contributed by atoms with Crippen LogP contribution in [0, 0.1) is 0 Å². The fourth-order valence-corrected chi connectivity index (χ4v) is 1.56. The van der Waals surface area contributed by atoms with Crippen LogP contribution in [0.15, 0.2) is 34.3 Å². The first-order chi connectivity index (χ1) is 7.13. The van der Waals surface area contributed by atoms with Gasteiger partial charge in [-0.3, -0.25) is 0 Å². The van der Waals surface area contributed by atoms with Crippen molar-refractivity contribution in [3.63, 3.8) is 0 Å². The van der Waals surface area contributed by atoms with E-state index in [0.29, 0.717) is 6.61 Å². The van der Waals surface area contributed by atoms with E-state index in [0.717, 1.165) is 16.0 Å². The predicted octanol–water partition coefficient (Wildman–Crippen LogP) is 3.80. The Kier molecular flexibility index (Phi) is 4.69. The van der Waals surface area contributed by atoms with Gasteiger partial charge in [-0.25, -0.2) is 0 Å². The first-order valence-electron chi connectivity index (χ1n) is 4.73. The first-order valence-corrected chi connectivity index (χ1v) is 5.52. The van der Waals surface area contributed by atoms with Crippen LogP contribution >= 0.6 is 15.9 Å². The Labute approximate surface area is 99.0 Å². The highest BCUT2D eigenvalue weighted by molar-refractivity contribution is 9.10. The van der Waals surface area contributed by atoms with Crippen molar-refractivity contribution >= 4 is 15.9 Å². The van der Waals surface area contributed by atoms with Crippen molar-refractivity contribution in [2.75, 3.05) is 13.7 Å². The maximum absolute atomic E-state index is 5.54. The third-order valence-electron chi connectivity index (χ3n) is 1.86. The van der Waals surface area contributed by atoms with Crippen LogP contribution in [0.25, 0.3) is 0 Å². The number of allylic oxidation sites excluding steroid dienone is 1. The van der Waals surface area contributed by atoms with E-state index in [1.165, 1.54) is 5.57 Å². The Bertz CT molecular complexity index is 355. The molecular weight excluding hydrogens is 256 g/mol. The summed E-state index contributed by atoms with van der Waals surface area (Å²) in [5.41, 5.74) is 1.25. The minimum absolute atomic E-state index is 0.598. The summed E-state index contributed by atoms with van der Waals surface area (Å²) < 4.78 is 11.6. The lowest BCUT2D eigenvalue weighted by molar-refractivity contribution is 0.359. The van der Waals surface area contributed by atoms with Gasteiger partial charge >= 0.3 is 0 Å². The van der Waals surface area contributed by atoms with Crippen molar-refractivity contribution < 1.29 is 9.47 Å². The maximum atomic E-state index is 5.54. The third kappa shape index (κ3) is 3.96. The molecule has 0 amide bonds. The fourth-order valence-electron chi connectivity index (χ4n) is 1.04. The summed E-state index contributed by atoms with van der Waals surface area (Å²) in [5.74, 6) is 1.64. The lowest BCUT2D eigenvalue weighted by atomic mass is 10.3. The van der Waals surface area contributed by atoms with Crippen molar-refractivity contribution in [2.24, 2.45) is 0 Å². The van der Waals surface area contributed by atoms with E-state index in [9.17, 15) is 0 Å². The van der Waals surface area contributed by atoms with Crippen molar-refractivity contribution in [1.29, 1.82) is 0 Å². The molecule has 0 bridgehead atoms. The second-order valence-electron chi connectivity index (χ2n) is 3.39. The number of ether oxygens (including phenoxy) is 2. The van der Waals surface area contributed by atoms with Gasteiger partial charge in [0.2, 0.25) is 0 Å². The topological polar surface area (TPSA) is 18.5 Å². The highest BCUT2D eigenvalue weighted by atomic mass is 79.9. The molecule has 0 saturated heterocycles. The molecule has 1 rings (SSSR count). The van der Waals surface area contributed by atoms with Gasteiger partial charge in [-0.2, -0.15) is 0 Å². The van der Waals surface area contributed by atoms with Crippen LogP contribution in [0.5, 0.6) is 11.5 Å². The molecule has 0 aliphatic heterocycles. The highest BCUT2D eigenvalue weighted by Crippen LogP contribution is 2.28. The van der Waals surface area contributed by atoms with Gasteiger partial charge in [0.05, 0.1) is 11.6 Å². The van der Waals surface area contributed by atoms with Crippen LogP contribution in [-0.2, 0) is 0 Å². The van der Waals surface area contributed by atoms with Crippen molar-refractivity contribution in [3.05, 3.63) is 34.3 Å². The van der Waals surface area contributed by atoms with Gasteiger partial charge in [-0.05, 0) is 54.1 Å². The molecule has 0 unspecified atom stereocenters. The average molecular weight is 271 g/mol. The summed E-state index contributed by atoms with van der Waals surface area (Å²) in [6.45, 7) is 4.70. The smallest absolute Gasteiger partial charge is 0.133 e. The molecule has 0 N–H and O–H groups in total. The normalized spacial score (nSPS) is 9.60.